The summed E-state index contributed by atoms with van der Waals surface area (Å²) in [7, 11) is 0. The lowest BCUT2D eigenvalue weighted by Gasteiger charge is -1.96. The lowest BCUT2D eigenvalue weighted by molar-refractivity contribution is -1.19. The molecule has 0 atom stereocenters. The highest BCUT2D eigenvalue weighted by atomic mass is 16.7. The van der Waals surface area contributed by atoms with Gasteiger partial charge in [-0.3, -0.25) is 0 Å². The van der Waals surface area contributed by atoms with E-state index in [1.807, 2.05) is 13.8 Å². The first-order valence-corrected chi connectivity index (χ1v) is 3.67. The molecule has 1 rings (SSSR count). The third-order valence-electron chi connectivity index (χ3n) is 2.12. The van der Waals surface area contributed by atoms with E-state index in [2.05, 4.69) is 0 Å². The van der Waals surface area contributed by atoms with Crippen LogP contribution in [-0.4, -0.2) is 5.03 Å². The van der Waals surface area contributed by atoms with E-state index in [1.165, 1.54) is 6.20 Å². The third kappa shape index (κ3) is 1.28. The molecule has 64 valence electrons. The highest BCUT2D eigenvalue weighted by molar-refractivity contribution is 5.22. The lowest BCUT2D eigenvalue weighted by atomic mass is 10.1. The molecule has 1 aromatic heterocycles. The van der Waals surface area contributed by atoms with Gasteiger partial charge in [-0.1, -0.05) is 0 Å². The average Bonchev–Trinajstić information content (AvgIpc) is 2.00. The van der Waals surface area contributed by atoms with Crippen molar-refractivity contribution in [3.05, 3.63) is 39.2 Å². The summed E-state index contributed by atoms with van der Waals surface area (Å²) >= 11 is 0. The summed E-state index contributed by atoms with van der Waals surface area (Å²) in [5.41, 5.74) is 2.72. The molecule has 1 aromatic rings. The molecule has 4 heteroatoms. The molecule has 0 bridgehead atoms. The van der Waals surface area contributed by atoms with Gasteiger partial charge in [-0.05, 0) is 19.4 Å². The van der Waals surface area contributed by atoms with Crippen molar-refractivity contribution in [2.24, 2.45) is 0 Å². The molecule has 0 saturated carbocycles. The van der Waals surface area contributed by atoms with Gasteiger partial charge in [-0.2, -0.15) is 10.1 Å². The first-order chi connectivity index (χ1) is 5.54. The zero-order valence-corrected chi connectivity index (χ0v) is 7.37. The fourth-order valence-electron chi connectivity index (χ4n) is 1.05. The highest BCUT2D eigenvalue weighted by Gasteiger charge is 2.19. The second-order valence-electron chi connectivity index (χ2n) is 2.79. The monoisotopic (exact) mass is 167 g/mol. The predicted molar refractivity (Wildman–Crippen MR) is 43.2 cm³/mol. The zero-order chi connectivity index (χ0) is 9.30. The van der Waals surface area contributed by atoms with Crippen molar-refractivity contribution in [1.82, 2.24) is 0 Å². The Labute approximate surface area is 70.6 Å². The minimum absolute atomic E-state index is 0.429. The lowest BCUT2D eigenvalue weighted by Crippen LogP contribution is -2.45. The molecule has 0 radical (unpaired) electrons. The summed E-state index contributed by atoms with van der Waals surface area (Å²) in [5, 5.41) is 10.0. The largest absolute Gasteiger partial charge is 0.327 e. The van der Waals surface area contributed by atoms with Gasteiger partial charge >= 0.3 is 5.03 Å². The molecule has 0 N–H and O–H groups in total. The summed E-state index contributed by atoms with van der Waals surface area (Å²) in [5.74, 6) is 0. The summed E-state index contributed by atoms with van der Waals surface area (Å²) in [6.45, 7) is 5.56. The van der Waals surface area contributed by atoms with Gasteiger partial charge in [0.1, 0.15) is 4.68 Å². The van der Waals surface area contributed by atoms with E-state index in [0.717, 1.165) is 15.8 Å². The van der Waals surface area contributed by atoms with Crippen LogP contribution in [0.15, 0.2) is 12.3 Å². The van der Waals surface area contributed by atoms with Crippen molar-refractivity contribution in [3.63, 3.8) is 0 Å². The van der Waals surface area contributed by atoms with Crippen LogP contribution in [0.25, 0.3) is 0 Å². The number of aryl methyl sites for hydroxylation is 1. The SMILES string of the molecule is Cc1cc[n+]([N+](=O)[O-])c(C)c1C. The standard InChI is InChI=1S/C8H11N2O2/c1-6-4-5-9(10(11)12)8(3)7(6)2/h4-5H,1-3H3/q+1. The molecule has 0 unspecified atom stereocenters. The summed E-state index contributed by atoms with van der Waals surface area (Å²) in [4.78, 5) is 10.5. The van der Waals surface area contributed by atoms with Crippen LogP contribution in [0, 0.1) is 30.9 Å². The summed E-state index contributed by atoms with van der Waals surface area (Å²) < 4.78 is 1.03. The quantitative estimate of drug-likeness (QED) is 0.355. The molecule has 0 fully saturated rings. The van der Waals surface area contributed by atoms with Crippen LogP contribution >= 0.6 is 0 Å². The van der Waals surface area contributed by atoms with Gasteiger partial charge in [0.25, 0.3) is 5.69 Å². The van der Waals surface area contributed by atoms with Gasteiger partial charge in [0, 0.05) is 18.6 Å². The fourth-order valence-corrected chi connectivity index (χ4v) is 1.05. The van der Waals surface area contributed by atoms with Crippen LogP contribution in [0.5, 0.6) is 0 Å². The van der Waals surface area contributed by atoms with Crippen LogP contribution < -0.4 is 4.68 Å². The van der Waals surface area contributed by atoms with Crippen LogP contribution in [0.2, 0.25) is 0 Å². The van der Waals surface area contributed by atoms with Crippen molar-refractivity contribution < 1.29 is 9.71 Å². The third-order valence-corrected chi connectivity index (χ3v) is 2.12. The maximum Gasteiger partial charge on any atom is 0.327 e. The van der Waals surface area contributed by atoms with Crippen molar-refractivity contribution >= 4 is 0 Å². The Bertz CT molecular complexity index is 334. The van der Waals surface area contributed by atoms with E-state index in [-0.39, 0.29) is 0 Å². The number of hydrogen-bond donors (Lipinski definition) is 0. The normalized spacial score (nSPS) is 9.92. The number of pyridine rings is 1. The van der Waals surface area contributed by atoms with Gasteiger partial charge in [0.2, 0.25) is 6.20 Å². The highest BCUT2D eigenvalue weighted by Crippen LogP contribution is 2.06. The van der Waals surface area contributed by atoms with E-state index in [4.69, 9.17) is 0 Å². The van der Waals surface area contributed by atoms with Crippen LogP contribution in [-0.2, 0) is 0 Å². The van der Waals surface area contributed by atoms with E-state index in [0.29, 0.717) is 5.69 Å². The average molecular weight is 167 g/mol. The van der Waals surface area contributed by atoms with Crippen LogP contribution in [0.4, 0.5) is 0 Å². The Morgan fingerprint density at radius 1 is 1.42 bits per heavy atom. The zero-order valence-electron chi connectivity index (χ0n) is 7.37. The van der Waals surface area contributed by atoms with Gasteiger partial charge in [0.05, 0.1) is 0 Å². The van der Waals surface area contributed by atoms with Crippen molar-refractivity contribution in [3.8, 4) is 0 Å². The van der Waals surface area contributed by atoms with Gasteiger partial charge in [0.15, 0.2) is 0 Å². The molecule has 4 nitrogen and oxygen atoms in total. The first kappa shape index (κ1) is 8.64. The number of nitrogens with zero attached hydrogens (tertiary/aromatic N) is 2. The molecule has 0 aliphatic carbocycles. The molecule has 1 heterocycles. The van der Waals surface area contributed by atoms with Crippen LogP contribution in [0.3, 0.4) is 0 Å². The van der Waals surface area contributed by atoms with Crippen LogP contribution in [0.1, 0.15) is 16.8 Å². The predicted octanol–water partition coefficient (Wildman–Crippen LogP) is 0.939. The number of rotatable bonds is 1. The van der Waals surface area contributed by atoms with Gasteiger partial charge in [-0.15, -0.1) is 0 Å². The summed E-state index contributed by atoms with van der Waals surface area (Å²) in [6, 6.07) is 1.74. The van der Waals surface area contributed by atoms with E-state index >= 15 is 0 Å². The molecular formula is C8H11N2O2+. The molecular weight excluding hydrogens is 156 g/mol. The number of aromatic nitrogens is 1. The topological polar surface area (TPSA) is 47.0 Å². The minimum Gasteiger partial charge on any atom is -0.198 e. The first-order valence-electron chi connectivity index (χ1n) is 3.67. The molecule has 0 spiro atoms. The van der Waals surface area contributed by atoms with Crippen molar-refractivity contribution in [2.45, 2.75) is 20.8 Å². The summed E-state index contributed by atoms with van der Waals surface area (Å²) in [6.07, 6.45) is 1.47. The Kier molecular flexibility index (Phi) is 2.08. The van der Waals surface area contributed by atoms with Gasteiger partial charge in [-0.25, -0.2) is 0 Å². The second-order valence-corrected chi connectivity index (χ2v) is 2.79. The van der Waals surface area contributed by atoms with Crippen molar-refractivity contribution in [2.75, 3.05) is 0 Å². The number of nitro groups is 1. The fraction of sp³-hybridized carbons (Fsp3) is 0.375. The van der Waals surface area contributed by atoms with Gasteiger partial charge < -0.3 is 0 Å². The smallest absolute Gasteiger partial charge is 0.198 e. The molecule has 0 saturated heterocycles. The maximum absolute atomic E-state index is 10.5. The Hall–Kier alpha value is -1.45. The molecule has 0 aromatic carbocycles. The Balaban J connectivity index is 3.36. The van der Waals surface area contributed by atoms with Crippen molar-refractivity contribution in [1.29, 1.82) is 0 Å². The molecule has 0 amide bonds. The maximum atomic E-state index is 10.5. The second kappa shape index (κ2) is 2.89. The Morgan fingerprint density at radius 3 is 2.50 bits per heavy atom. The van der Waals surface area contributed by atoms with E-state index in [9.17, 15) is 10.1 Å². The molecule has 0 aliphatic heterocycles. The molecule has 12 heavy (non-hydrogen) atoms. The minimum atomic E-state index is -0.429. The molecule has 0 aliphatic rings. The Morgan fingerprint density at radius 2 is 2.00 bits per heavy atom. The van der Waals surface area contributed by atoms with E-state index in [1.54, 1.807) is 13.0 Å². The number of hydrogen-bond acceptors (Lipinski definition) is 2. The van der Waals surface area contributed by atoms with E-state index < -0.39 is 5.03 Å².